The van der Waals surface area contributed by atoms with Crippen molar-refractivity contribution < 1.29 is 13.5 Å². The molecule has 1 aromatic carbocycles. The zero-order valence-electron chi connectivity index (χ0n) is 9.76. The Kier molecular flexibility index (Phi) is 4.24. The Labute approximate surface area is 94.4 Å². The molecule has 0 saturated carbocycles. The average molecular weight is 229 g/mol. The number of methoxy groups -OCH3 is 1. The Balaban J connectivity index is 3.04. The quantitative estimate of drug-likeness (QED) is 0.861. The molecule has 1 rings (SSSR count). The molecule has 0 radical (unpaired) electrons. The summed E-state index contributed by atoms with van der Waals surface area (Å²) in [6, 6.07) is 1.68. The molecule has 0 aliphatic carbocycles. The number of halogens is 2. The lowest BCUT2D eigenvalue weighted by Gasteiger charge is -2.16. The van der Waals surface area contributed by atoms with Crippen molar-refractivity contribution in [1.29, 1.82) is 0 Å². The molecular weight excluding hydrogens is 212 g/mol. The minimum Gasteiger partial charge on any atom is -0.497 e. The smallest absolute Gasteiger partial charge is 0.134 e. The van der Waals surface area contributed by atoms with Crippen molar-refractivity contribution in [2.75, 3.05) is 7.11 Å². The minimum absolute atomic E-state index is 0.0606. The van der Waals surface area contributed by atoms with Crippen molar-refractivity contribution in [2.24, 2.45) is 11.7 Å². The van der Waals surface area contributed by atoms with Crippen molar-refractivity contribution in [1.82, 2.24) is 0 Å². The van der Waals surface area contributed by atoms with Crippen LogP contribution < -0.4 is 10.5 Å². The number of benzene rings is 1. The van der Waals surface area contributed by atoms with E-state index in [-0.39, 0.29) is 17.2 Å². The normalized spacial score (nSPS) is 12.9. The summed E-state index contributed by atoms with van der Waals surface area (Å²) in [7, 11) is 1.36. The van der Waals surface area contributed by atoms with E-state index in [1.807, 2.05) is 13.8 Å². The molecule has 0 fully saturated rings. The fraction of sp³-hybridized carbons (Fsp3) is 0.500. The molecule has 0 amide bonds. The number of hydrogen-bond acceptors (Lipinski definition) is 2. The van der Waals surface area contributed by atoms with Gasteiger partial charge in [-0.15, -0.1) is 0 Å². The molecule has 2 N–H and O–H groups in total. The van der Waals surface area contributed by atoms with Gasteiger partial charge in [0.15, 0.2) is 0 Å². The lowest BCUT2D eigenvalue weighted by Crippen LogP contribution is -2.16. The van der Waals surface area contributed by atoms with Crippen molar-refractivity contribution in [2.45, 2.75) is 26.3 Å². The lowest BCUT2D eigenvalue weighted by atomic mass is 9.97. The third kappa shape index (κ3) is 2.92. The van der Waals surface area contributed by atoms with Gasteiger partial charge < -0.3 is 10.5 Å². The second-order valence-corrected chi connectivity index (χ2v) is 4.24. The van der Waals surface area contributed by atoms with Gasteiger partial charge in [-0.3, -0.25) is 0 Å². The van der Waals surface area contributed by atoms with Gasteiger partial charge in [-0.2, -0.15) is 0 Å². The van der Waals surface area contributed by atoms with Crippen LogP contribution in [0, 0.1) is 17.6 Å². The van der Waals surface area contributed by atoms with Crippen molar-refractivity contribution >= 4 is 0 Å². The van der Waals surface area contributed by atoms with E-state index in [9.17, 15) is 8.78 Å². The maximum Gasteiger partial charge on any atom is 0.134 e. The average Bonchev–Trinajstić information content (AvgIpc) is 2.15. The van der Waals surface area contributed by atoms with Gasteiger partial charge in [0.25, 0.3) is 0 Å². The summed E-state index contributed by atoms with van der Waals surface area (Å²) in [4.78, 5) is 0. The summed E-state index contributed by atoms with van der Waals surface area (Å²) in [6.07, 6.45) is 0.542. The second kappa shape index (κ2) is 5.25. The zero-order chi connectivity index (χ0) is 12.3. The van der Waals surface area contributed by atoms with E-state index in [2.05, 4.69) is 0 Å². The molecule has 4 heteroatoms. The molecule has 16 heavy (non-hydrogen) atoms. The van der Waals surface area contributed by atoms with Gasteiger partial charge in [-0.1, -0.05) is 13.8 Å². The Morgan fingerprint density at radius 1 is 1.25 bits per heavy atom. The van der Waals surface area contributed by atoms with Gasteiger partial charge in [0, 0.05) is 23.7 Å². The number of rotatable bonds is 4. The molecule has 0 aliphatic rings. The second-order valence-electron chi connectivity index (χ2n) is 4.24. The van der Waals surface area contributed by atoms with Crippen LogP contribution in [0.15, 0.2) is 12.1 Å². The minimum atomic E-state index is -0.648. The van der Waals surface area contributed by atoms with E-state index >= 15 is 0 Å². The first-order valence-corrected chi connectivity index (χ1v) is 5.24. The van der Waals surface area contributed by atoms with E-state index in [0.717, 1.165) is 12.1 Å². The molecule has 0 heterocycles. The zero-order valence-corrected chi connectivity index (χ0v) is 9.76. The van der Waals surface area contributed by atoms with Gasteiger partial charge >= 0.3 is 0 Å². The van der Waals surface area contributed by atoms with Crippen molar-refractivity contribution in [3.05, 3.63) is 29.3 Å². The van der Waals surface area contributed by atoms with E-state index in [4.69, 9.17) is 10.5 Å². The third-order valence-corrected chi connectivity index (χ3v) is 2.38. The fourth-order valence-corrected chi connectivity index (χ4v) is 1.66. The van der Waals surface area contributed by atoms with Gasteiger partial charge in [0.05, 0.1) is 7.11 Å². The molecule has 0 spiro atoms. The summed E-state index contributed by atoms with van der Waals surface area (Å²) in [6.45, 7) is 3.92. The topological polar surface area (TPSA) is 35.2 Å². The van der Waals surface area contributed by atoms with Crippen LogP contribution in [0.1, 0.15) is 31.9 Å². The van der Waals surface area contributed by atoms with Crippen LogP contribution in [0.3, 0.4) is 0 Å². The van der Waals surface area contributed by atoms with E-state index in [0.29, 0.717) is 6.42 Å². The highest BCUT2D eigenvalue weighted by molar-refractivity contribution is 5.32. The molecular formula is C12H17F2NO. The Morgan fingerprint density at radius 2 is 1.75 bits per heavy atom. The van der Waals surface area contributed by atoms with Gasteiger partial charge in [-0.25, -0.2) is 8.78 Å². The first-order valence-electron chi connectivity index (χ1n) is 5.24. The molecule has 90 valence electrons. The first kappa shape index (κ1) is 12.9. The first-order chi connectivity index (χ1) is 7.45. The van der Waals surface area contributed by atoms with Crippen LogP contribution in [0.25, 0.3) is 0 Å². The molecule has 0 aromatic heterocycles. The lowest BCUT2D eigenvalue weighted by molar-refractivity contribution is 0.401. The van der Waals surface area contributed by atoms with Crippen LogP contribution in [0.5, 0.6) is 5.75 Å². The SMILES string of the molecule is COc1cc(F)c([C@@H](N)CC(C)C)c(F)c1. The summed E-state index contributed by atoms with van der Waals surface area (Å²) in [5.74, 6) is -0.846. The van der Waals surface area contributed by atoms with Crippen LogP contribution >= 0.6 is 0 Å². The van der Waals surface area contributed by atoms with Crippen LogP contribution in [-0.2, 0) is 0 Å². The summed E-state index contributed by atoms with van der Waals surface area (Å²) in [5.41, 5.74) is 5.71. The van der Waals surface area contributed by atoms with E-state index in [1.165, 1.54) is 7.11 Å². The standard InChI is InChI=1S/C12H17F2NO/c1-7(2)4-11(15)12-9(13)5-8(16-3)6-10(12)14/h5-7,11H,4,15H2,1-3H3/t11-/m0/s1. The van der Waals surface area contributed by atoms with Gasteiger partial charge in [0.1, 0.15) is 17.4 Å². The summed E-state index contributed by atoms with van der Waals surface area (Å²) >= 11 is 0. The highest BCUT2D eigenvalue weighted by atomic mass is 19.1. The molecule has 0 unspecified atom stereocenters. The van der Waals surface area contributed by atoms with Gasteiger partial charge in [0.2, 0.25) is 0 Å². The molecule has 1 atom stereocenters. The summed E-state index contributed by atoms with van der Waals surface area (Å²) in [5, 5.41) is 0. The maximum atomic E-state index is 13.6. The van der Waals surface area contributed by atoms with Crippen LogP contribution in [0.4, 0.5) is 8.78 Å². The Bertz CT molecular complexity index is 343. The molecule has 0 bridgehead atoms. The van der Waals surface area contributed by atoms with E-state index in [1.54, 1.807) is 0 Å². The third-order valence-electron chi connectivity index (χ3n) is 2.38. The Morgan fingerprint density at radius 3 is 2.12 bits per heavy atom. The Hall–Kier alpha value is -1.16. The van der Waals surface area contributed by atoms with Crippen molar-refractivity contribution in [3.63, 3.8) is 0 Å². The highest BCUT2D eigenvalue weighted by Crippen LogP contribution is 2.27. The van der Waals surface area contributed by atoms with Crippen molar-refractivity contribution in [3.8, 4) is 5.75 Å². The van der Waals surface area contributed by atoms with Gasteiger partial charge in [-0.05, 0) is 12.3 Å². The number of ether oxygens (including phenoxy) is 1. The predicted octanol–water partition coefficient (Wildman–Crippen LogP) is 3.02. The number of hydrogen-bond donors (Lipinski definition) is 1. The molecule has 2 nitrogen and oxygen atoms in total. The van der Waals surface area contributed by atoms with Crippen LogP contribution in [0.2, 0.25) is 0 Å². The summed E-state index contributed by atoms with van der Waals surface area (Å²) < 4.78 is 32.0. The largest absolute Gasteiger partial charge is 0.497 e. The van der Waals surface area contributed by atoms with E-state index < -0.39 is 17.7 Å². The molecule has 1 aromatic rings. The monoisotopic (exact) mass is 229 g/mol. The molecule has 0 aliphatic heterocycles. The predicted molar refractivity (Wildman–Crippen MR) is 59.3 cm³/mol. The fourth-order valence-electron chi connectivity index (χ4n) is 1.66. The number of nitrogens with two attached hydrogens (primary N) is 1. The molecule has 0 saturated heterocycles. The maximum absolute atomic E-state index is 13.6. The highest BCUT2D eigenvalue weighted by Gasteiger charge is 2.19. The van der Waals surface area contributed by atoms with Crippen LogP contribution in [-0.4, -0.2) is 7.11 Å².